The van der Waals surface area contributed by atoms with Crippen molar-refractivity contribution in [2.24, 2.45) is 0 Å². The Bertz CT molecular complexity index is 695. The summed E-state index contributed by atoms with van der Waals surface area (Å²) in [6, 6.07) is 9.58. The number of halogens is 3. The van der Waals surface area contributed by atoms with Crippen LogP contribution in [-0.2, 0) is 5.60 Å². The molecule has 0 fully saturated rings. The van der Waals surface area contributed by atoms with Crippen LogP contribution >= 0.6 is 27.5 Å². The number of para-hydroxylation sites is 1. The maximum atomic E-state index is 14.2. The smallest absolute Gasteiger partial charge is 0.193 e. The van der Waals surface area contributed by atoms with E-state index in [2.05, 4.69) is 15.9 Å². The molecule has 0 aromatic heterocycles. The van der Waals surface area contributed by atoms with Gasteiger partial charge in [0.2, 0.25) is 0 Å². The van der Waals surface area contributed by atoms with E-state index in [9.17, 15) is 9.50 Å². The van der Waals surface area contributed by atoms with Crippen LogP contribution < -0.4 is 9.47 Å². The molecule has 0 saturated carbocycles. The van der Waals surface area contributed by atoms with Crippen LogP contribution in [0.15, 0.2) is 40.9 Å². The summed E-state index contributed by atoms with van der Waals surface area (Å²) in [5.74, 6) is 0.436. The molecule has 0 radical (unpaired) electrons. The number of hydrogen-bond donors (Lipinski definition) is 1. The molecule has 3 rings (SSSR count). The minimum Gasteiger partial charge on any atom is -0.485 e. The molecule has 110 valence electrons. The minimum atomic E-state index is -1.30. The number of aliphatic hydroxyl groups excluding tert-OH is 1. The Morgan fingerprint density at radius 3 is 2.86 bits per heavy atom. The zero-order chi connectivity index (χ0) is 15.0. The lowest BCUT2D eigenvalue weighted by atomic mass is 9.93. The molecular formula is C15H11BrClFO3. The van der Waals surface area contributed by atoms with Crippen LogP contribution in [-0.4, -0.2) is 18.3 Å². The summed E-state index contributed by atoms with van der Waals surface area (Å²) >= 11 is 9.13. The van der Waals surface area contributed by atoms with Gasteiger partial charge in [-0.15, -0.1) is 0 Å². The van der Waals surface area contributed by atoms with Crippen LogP contribution in [0.3, 0.4) is 0 Å². The van der Waals surface area contributed by atoms with Crippen LogP contribution in [0.4, 0.5) is 4.39 Å². The zero-order valence-electron chi connectivity index (χ0n) is 10.8. The van der Waals surface area contributed by atoms with E-state index in [0.717, 1.165) is 0 Å². The monoisotopic (exact) mass is 372 g/mol. The molecule has 1 aliphatic heterocycles. The molecule has 6 heteroatoms. The highest BCUT2D eigenvalue weighted by molar-refractivity contribution is 9.10. The molecule has 0 aliphatic carbocycles. The van der Waals surface area contributed by atoms with E-state index in [0.29, 0.717) is 16.0 Å². The molecule has 1 atom stereocenters. The molecule has 21 heavy (non-hydrogen) atoms. The third-order valence-corrected chi connectivity index (χ3v) is 4.23. The molecule has 1 N–H and O–H groups in total. The first-order chi connectivity index (χ1) is 10.1. The molecule has 1 unspecified atom stereocenters. The van der Waals surface area contributed by atoms with Crippen LogP contribution in [0.25, 0.3) is 0 Å². The topological polar surface area (TPSA) is 38.7 Å². The molecule has 2 aromatic rings. The number of rotatable bonds is 2. The van der Waals surface area contributed by atoms with Crippen molar-refractivity contribution in [1.29, 1.82) is 0 Å². The van der Waals surface area contributed by atoms with Crippen molar-refractivity contribution in [3.63, 3.8) is 0 Å². The predicted molar refractivity (Wildman–Crippen MR) is 80.4 cm³/mol. The van der Waals surface area contributed by atoms with Crippen LogP contribution in [0.2, 0.25) is 5.02 Å². The van der Waals surface area contributed by atoms with Crippen molar-refractivity contribution in [3.05, 3.63) is 57.3 Å². The SMILES string of the molecule is OCC1(c2ccc(Cl)cc2F)COc2cccc(Br)c2O1. The Morgan fingerprint density at radius 2 is 2.14 bits per heavy atom. The minimum absolute atomic E-state index is 0.00546. The molecule has 0 amide bonds. The number of ether oxygens (including phenoxy) is 2. The number of hydrogen-bond acceptors (Lipinski definition) is 3. The van der Waals surface area contributed by atoms with E-state index in [1.54, 1.807) is 24.3 Å². The van der Waals surface area contributed by atoms with E-state index in [1.165, 1.54) is 12.1 Å². The third-order valence-electron chi connectivity index (χ3n) is 3.37. The Balaban J connectivity index is 2.09. The maximum Gasteiger partial charge on any atom is 0.193 e. The third kappa shape index (κ3) is 2.50. The number of aliphatic hydroxyl groups is 1. The number of fused-ring (bicyclic) bond motifs is 1. The molecule has 2 aromatic carbocycles. The van der Waals surface area contributed by atoms with Gasteiger partial charge in [-0.25, -0.2) is 4.39 Å². The quantitative estimate of drug-likeness (QED) is 0.868. The highest BCUT2D eigenvalue weighted by Crippen LogP contribution is 2.44. The Hall–Kier alpha value is -1.30. The Kier molecular flexibility index (Phi) is 3.82. The molecular weight excluding hydrogens is 363 g/mol. The van der Waals surface area contributed by atoms with Gasteiger partial charge in [0, 0.05) is 10.6 Å². The molecule has 0 bridgehead atoms. The summed E-state index contributed by atoms with van der Waals surface area (Å²) < 4.78 is 26.4. The number of benzene rings is 2. The van der Waals surface area contributed by atoms with Crippen molar-refractivity contribution in [1.82, 2.24) is 0 Å². The lowest BCUT2D eigenvalue weighted by Gasteiger charge is -2.37. The van der Waals surface area contributed by atoms with E-state index < -0.39 is 18.0 Å². The fourth-order valence-corrected chi connectivity index (χ4v) is 2.86. The van der Waals surface area contributed by atoms with Crippen molar-refractivity contribution in [3.8, 4) is 11.5 Å². The van der Waals surface area contributed by atoms with Crippen molar-refractivity contribution in [2.75, 3.05) is 13.2 Å². The van der Waals surface area contributed by atoms with E-state index in [4.69, 9.17) is 21.1 Å². The van der Waals surface area contributed by atoms with E-state index in [-0.39, 0.29) is 17.2 Å². The molecule has 0 spiro atoms. The first-order valence-electron chi connectivity index (χ1n) is 6.22. The molecule has 0 saturated heterocycles. The lowest BCUT2D eigenvalue weighted by Crippen LogP contribution is -2.46. The normalized spacial score (nSPS) is 20.4. The van der Waals surface area contributed by atoms with Gasteiger partial charge in [0.05, 0.1) is 11.1 Å². The molecule has 1 heterocycles. The summed E-state index contributed by atoms with van der Waals surface area (Å²) in [4.78, 5) is 0. The van der Waals surface area contributed by atoms with Crippen molar-refractivity contribution in [2.45, 2.75) is 5.60 Å². The second kappa shape index (κ2) is 5.48. The second-order valence-corrected chi connectivity index (χ2v) is 6.03. The predicted octanol–water partition coefficient (Wildman–Crippen LogP) is 3.90. The van der Waals surface area contributed by atoms with Gasteiger partial charge in [-0.05, 0) is 40.2 Å². The van der Waals surface area contributed by atoms with Gasteiger partial charge in [0.25, 0.3) is 0 Å². The summed E-state index contributed by atoms with van der Waals surface area (Å²) in [7, 11) is 0. The lowest BCUT2D eigenvalue weighted by molar-refractivity contribution is -0.0550. The summed E-state index contributed by atoms with van der Waals surface area (Å²) in [6.07, 6.45) is 0. The van der Waals surface area contributed by atoms with Gasteiger partial charge in [-0.3, -0.25) is 0 Å². The highest BCUT2D eigenvalue weighted by Gasteiger charge is 2.42. The second-order valence-electron chi connectivity index (χ2n) is 4.73. The molecule has 3 nitrogen and oxygen atoms in total. The van der Waals surface area contributed by atoms with Gasteiger partial charge < -0.3 is 14.6 Å². The average molecular weight is 374 g/mol. The van der Waals surface area contributed by atoms with Gasteiger partial charge in [-0.1, -0.05) is 23.7 Å². The molecule has 1 aliphatic rings. The van der Waals surface area contributed by atoms with E-state index >= 15 is 0 Å². The first-order valence-corrected chi connectivity index (χ1v) is 7.39. The maximum absolute atomic E-state index is 14.2. The first kappa shape index (κ1) is 14.6. The fraction of sp³-hybridized carbons (Fsp3) is 0.200. The summed E-state index contributed by atoms with van der Waals surface area (Å²) in [5.41, 5.74) is -1.10. The van der Waals surface area contributed by atoms with E-state index in [1.807, 2.05) is 0 Å². The van der Waals surface area contributed by atoms with Crippen LogP contribution in [0.5, 0.6) is 11.5 Å². The van der Waals surface area contributed by atoms with Crippen LogP contribution in [0, 0.1) is 5.82 Å². The van der Waals surface area contributed by atoms with Crippen molar-refractivity contribution < 1.29 is 19.0 Å². The van der Waals surface area contributed by atoms with Crippen LogP contribution in [0.1, 0.15) is 5.56 Å². The summed E-state index contributed by atoms with van der Waals surface area (Å²) in [6.45, 7) is -0.419. The Morgan fingerprint density at radius 1 is 1.33 bits per heavy atom. The fourth-order valence-electron chi connectivity index (χ4n) is 2.28. The van der Waals surface area contributed by atoms with Gasteiger partial charge in [0.15, 0.2) is 17.1 Å². The highest BCUT2D eigenvalue weighted by atomic mass is 79.9. The van der Waals surface area contributed by atoms with Gasteiger partial charge in [0.1, 0.15) is 12.4 Å². The van der Waals surface area contributed by atoms with Gasteiger partial charge in [-0.2, -0.15) is 0 Å². The standard InChI is InChI=1S/C15H11BrClFO3/c16-11-2-1-3-13-14(11)21-15(7-19,8-20-13)10-5-4-9(17)6-12(10)18/h1-6,19H,7-8H2. The zero-order valence-corrected chi connectivity index (χ0v) is 13.1. The summed E-state index contributed by atoms with van der Waals surface area (Å²) in [5, 5.41) is 10.1. The van der Waals surface area contributed by atoms with Crippen molar-refractivity contribution >= 4 is 27.5 Å². The van der Waals surface area contributed by atoms with Gasteiger partial charge >= 0.3 is 0 Å². The average Bonchev–Trinajstić information content (AvgIpc) is 2.47. The Labute approximate surface area is 134 Å². The largest absolute Gasteiger partial charge is 0.485 e.